The van der Waals surface area contributed by atoms with Crippen LogP contribution in [0.2, 0.25) is 0 Å². The Hall–Kier alpha value is -3.10. The van der Waals surface area contributed by atoms with Crippen molar-refractivity contribution >= 4 is 23.2 Å². The molecule has 0 N–H and O–H groups in total. The summed E-state index contributed by atoms with van der Waals surface area (Å²) in [6, 6.07) is 3.44. The number of aromatic nitrogens is 2. The molecule has 0 atom stereocenters. The minimum atomic E-state index is -2.73. The first-order valence-corrected chi connectivity index (χ1v) is 12.4. The highest BCUT2D eigenvalue weighted by molar-refractivity contribution is 5.97. The summed E-state index contributed by atoms with van der Waals surface area (Å²) in [5.41, 5.74) is 0.980. The van der Waals surface area contributed by atoms with Crippen LogP contribution in [-0.4, -0.2) is 57.7 Å². The van der Waals surface area contributed by atoms with Crippen molar-refractivity contribution in [3.8, 4) is 5.75 Å². The van der Waals surface area contributed by atoms with E-state index in [1.807, 2.05) is 24.8 Å². The molecule has 1 amide bonds. The second-order valence-electron chi connectivity index (χ2n) is 11.6. The van der Waals surface area contributed by atoms with E-state index in [0.29, 0.717) is 41.3 Å². The first-order chi connectivity index (χ1) is 16.7. The lowest BCUT2D eigenvalue weighted by Crippen LogP contribution is -2.45. The van der Waals surface area contributed by atoms with Gasteiger partial charge in [0.15, 0.2) is 17.4 Å². The molecule has 1 saturated heterocycles. The standard InChI is InChI=1S/C27H34F2N4O3/c1-25(2,3)7-6-21(34)18-12-20(16-30-14-18)33-17-26(4,5)36-22-13-19(15-31-23(22)33)24(35)32-10-8-27(28,29)9-11-32/h12-16H,6-11,17H2,1-5H3. The van der Waals surface area contributed by atoms with E-state index < -0.39 is 11.5 Å². The number of carbonyl (C=O) groups excluding carboxylic acids is 2. The molecule has 1 fully saturated rings. The number of alkyl halides is 2. The number of hydrogen-bond donors (Lipinski definition) is 0. The first-order valence-electron chi connectivity index (χ1n) is 12.4. The monoisotopic (exact) mass is 500 g/mol. The summed E-state index contributed by atoms with van der Waals surface area (Å²) < 4.78 is 33.2. The Bertz CT molecular complexity index is 1150. The van der Waals surface area contributed by atoms with Gasteiger partial charge in [0.2, 0.25) is 0 Å². The Morgan fingerprint density at radius 2 is 1.75 bits per heavy atom. The molecule has 36 heavy (non-hydrogen) atoms. The van der Waals surface area contributed by atoms with E-state index >= 15 is 0 Å². The highest BCUT2D eigenvalue weighted by Gasteiger charge is 2.37. The zero-order chi connectivity index (χ0) is 26.3. The third-order valence-electron chi connectivity index (χ3n) is 6.50. The Morgan fingerprint density at radius 3 is 2.42 bits per heavy atom. The number of anilines is 2. The summed E-state index contributed by atoms with van der Waals surface area (Å²) in [5.74, 6) is -2.10. The van der Waals surface area contributed by atoms with Crippen LogP contribution in [0, 0.1) is 5.41 Å². The average Bonchev–Trinajstić information content (AvgIpc) is 2.80. The fourth-order valence-corrected chi connectivity index (χ4v) is 4.41. The summed E-state index contributed by atoms with van der Waals surface area (Å²) in [6.45, 7) is 10.6. The number of likely N-dealkylation sites (tertiary alicyclic amines) is 1. The van der Waals surface area contributed by atoms with E-state index in [-0.39, 0.29) is 43.0 Å². The molecule has 9 heteroatoms. The Morgan fingerprint density at radius 1 is 1.06 bits per heavy atom. The van der Waals surface area contributed by atoms with Gasteiger partial charge >= 0.3 is 0 Å². The van der Waals surface area contributed by atoms with Gasteiger partial charge in [0, 0.05) is 50.3 Å². The SMILES string of the molecule is CC(C)(C)CCC(=O)c1cncc(N2CC(C)(C)Oc3cc(C(=O)N4CCC(F)(F)CC4)cnc32)c1. The van der Waals surface area contributed by atoms with Crippen molar-refractivity contribution < 1.29 is 23.1 Å². The summed E-state index contributed by atoms with van der Waals surface area (Å²) in [4.78, 5) is 38.0. The quantitative estimate of drug-likeness (QED) is 0.493. The summed E-state index contributed by atoms with van der Waals surface area (Å²) in [5, 5.41) is 0. The number of pyridine rings is 2. The Balaban J connectivity index is 1.59. The number of amides is 1. The molecule has 0 unspecified atom stereocenters. The lowest BCUT2D eigenvalue weighted by atomic mass is 9.89. The molecule has 0 saturated carbocycles. The predicted octanol–water partition coefficient (Wildman–Crippen LogP) is 5.67. The molecule has 0 bridgehead atoms. The largest absolute Gasteiger partial charge is 0.482 e. The maximum Gasteiger partial charge on any atom is 0.255 e. The maximum atomic E-state index is 13.5. The van der Waals surface area contributed by atoms with Crippen LogP contribution < -0.4 is 9.64 Å². The third-order valence-corrected chi connectivity index (χ3v) is 6.50. The number of hydrogen-bond acceptors (Lipinski definition) is 6. The highest BCUT2D eigenvalue weighted by Crippen LogP contribution is 2.40. The number of nitrogens with zero attached hydrogens (tertiary/aromatic N) is 4. The van der Waals surface area contributed by atoms with E-state index in [1.54, 1.807) is 18.5 Å². The minimum Gasteiger partial charge on any atom is -0.482 e. The molecule has 7 nitrogen and oxygen atoms in total. The molecule has 194 valence electrons. The third kappa shape index (κ3) is 5.99. The molecule has 2 aliphatic rings. The van der Waals surface area contributed by atoms with Crippen LogP contribution in [0.3, 0.4) is 0 Å². The molecule has 0 aliphatic carbocycles. The number of carbonyl (C=O) groups is 2. The van der Waals surface area contributed by atoms with E-state index in [9.17, 15) is 18.4 Å². The van der Waals surface area contributed by atoms with Crippen LogP contribution in [0.15, 0.2) is 30.7 Å². The van der Waals surface area contributed by atoms with Gasteiger partial charge in [-0.1, -0.05) is 20.8 Å². The normalized spacial score (nSPS) is 18.9. The number of Topliss-reactive ketones (excluding diaryl/α,β-unsaturated/α-hetero) is 1. The fourth-order valence-electron chi connectivity index (χ4n) is 4.41. The van der Waals surface area contributed by atoms with Gasteiger partial charge in [-0.25, -0.2) is 13.8 Å². The Labute approximate surface area is 210 Å². The van der Waals surface area contributed by atoms with Crippen molar-refractivity contribution in [2.75, 3.05) is 24.5 Å². The topological polar surface area (TPSA) is 75.6 Å². The van der Waals surface area contributed by atoms with Crippen molar-refractivity contribution in [1.29, 1.82) is 0 Å². The number of halogens is 2. The number of piperidine rings is 1. The van der Waals surface area contributed by atoms with Crippen LogP contribution in [0.5, 0.6) is 5.75 Å². The smallest absolute Gasteiger partial charge is 0.255 e. The zero-order valence-corrected chi connectivity index (χ0v) is 21.6. The molecule has 0 aromatic carbocycles. The maximum absolute atomic E-state index is 13.5. The second-order valence-corrected chi connectivity index (χ2v) is 11.6. The molecule has 4 rings (SSSR count). The second kappa shape index (κ2) is 9.41. The Kier molecular flexibility index (Phi) is 6.79. The molecular formula is C27H34F2N4O3. The molecule has 4 heterocycles. The van der Waals surface area contributed by atoms with Gasteiger partial charge in [0.05, 0.1) is 24.0 Å². The molecule has 0 radical (unpaired) electrons. The van der Waals surface area contributed by atoms with Crippen molar-refractivity contribution in [2.24, 2.45) is 5.41 Å². The van der Waals surface area contributed by atoms with Crippen molar-refractivity contribution in [3.05, 3.63) is 41.9 Å². The number of ketones is 1. The number of ether oxygens (including phenoxy) is 1. The minimum absolute atomic E-state index is 0.00307. The molecular weight excluding hydrogens is 466 g/mol. The highest BCUT2D eigenvalue weighted by atomic mass is 19.3. The van der Waals surface area contributed by atoms with Gasteiger partial charge in [-0.15, -0.1) is 0 Å². The van der Waals surface area contributed by atoms with E-state index in [0.717, 1.165) is 6.42 Å². The summed E-state index contributed by atoms with van der Waals surface area (Å²) >= 11 is 0. The van der Waals surface area contributed by atoms with Gasteiger partial charge in [0.25, 0.3) is 11.8 Å². The van der Waals surface area contributed by atoms with E-state index in [2.05, 4.69) is 30.7 Å². The van der Waals surface area contributed by atoms with Gasteiger partial charge < -0.3 is 14.5 Å². The number of rotatable bonds is 5. The summed E-state index contributed by atoms with van der Waals surface area (Å²) in [6.07, 6.45) is 5.24. The summed E-state index contributed by atoms with van der Waals surface area (Å²) in [7, 11) is 0. The number of fused-ring (bicyclic) bond motifs is 1. The van der Waals surface area contributed by atoms with Gasteiger partial charge in [-0.3, -0.25) is 14.6 Å². The van der Waals surface area contributed by atoms with E-state index in [1.165, 1.54) is 11.1 Å². The van der Waals surface area contributed by atoms with Crippen molar-refractivity contribution in [2.45, 2.75) is 71.8 Å². The fraction of sp³-hybridized carbons (Fsp3) is 0.556. The zero-order valence-electron chi connectivity index (χ0n) is 21.6. The molecule has 0 spiro atoms. The van der Waals surface area contributed by atoms with Crippen LogP contribution in [-0.2, 0) is 0 Å². The van der Waals surface area contributed by atoms with Crippen LogP contribution in [0.4, 0.5) is 20.3 Å². The van der Waals surface area contributed by atoms with Crippen molar-refractivity contribution in [1.82, 2.24) is 14.9 Å². The molecule has 2 aliphatic heterocycles. The predicted molar refractivity (Wildman–Crippen MR) is 133 cm³/mol. The van der Waals surface area contributed by atoms with Gasteiger partial charge in [0.1, 0.15) is 5.60 Å². The van der Waals surface area contributed by atoms with Gasteiger partial charge in [-0.05, 0) is 37.8 Å². The lowest BCUT2D eigenvalue weighted by molar-refractivity contribution is -0.0494. The first kappa shape index (κ1) is 26.0. The van der Waals surface area contributed by atoms with Gasteiger partial charge in [-0.2, -0.15) is 0 Å². The van der Waals surface area contributed by atoms with Crippen LogP contribution in [0.25, 0.3) is 0 Å². The average molecular weight is 501 g/mol. The molecule has 2 aromatic heterocycles. The lowest BCUT2D eigenvalue weighted by Gasteiger charge is -2.40. The van der Waals surface area contributed by atoms with Crippen LogP contribution in [0.1, 0.15) is 81.0 Å². The molecule has 2 aromatic rings. The van der Waals surface area contributed by atoms with Crippen molar-refractivity contribution in [3.63, 3.8) is 0 Å². The van der Waals surface area contributed by atoms with E-state index in [4.69, 9.17) is 4.74 Å². The van der Waals surface area contributed by atoms with Crippen LogP contribution >= 0.6 is 0 Å².